The summed E-state index contributed by atoms with van der Waals surface area (Å²) in [5.74, 6) is 0.635. The van der Waals surface area contributed by atoms with E-state index in [2.05, 4.69) is 27.7 Å². The molecule has 0 bridgehead atoms. The van der Waals surface area contributed by atoms with E-state index in [4.69, 9.17) is 17.0 Å². The van der Waals surface area contributed by atoms with Crippen LogP contribution in [0.1, 0.15) is 30.0 Å². The summed E-state index contributed by atoms with van der Waals surface area (Å²) in [4.78, 5) is 2.50. The highest BCUT2D eigenvalue weighted by molar-refractivity contribution is 7.80. The SMILES string of the molecule is COc1ccc([C@H](CNC(=S)NCc2ccc(F)cc2)N2CCCC2)cc1. The average molecular weight is 388 g/mol. The summed E-state index contributed by atoms with van der Waals surface area (Å²) in [7, 11) is 1.68. The van der Waals surface area contributed by atoms with Gasteiger partial charge in [-0.3, -0.25) is 4.90 Å². The Morgan fingerprint density at radius 1 is 1.07 bits per heavy atom. The van der Waals surface area contributed by atoms with E-state index in [0.717, 1.165) is 30.9 Å². The number of ether oxygens (including phenoxy) is 1. The Kier molecular flexibility index (Phi) is 7.01. The number of nitrogens with one attached hydrogen (secondary N) is 2. The molecule has 0 radical (unpaired) electrons. The van der Waals surface area contributed by atoms with Crippen LogP contribution >= 0.6 is 12.2 Å². The van der Waals surface area contributed by atoms with Gasteiger partial charge < -0.3 is 15.4 Å². The van der Waals surface area contributed by atoms with Crippen molar-refractivity contribution in [1.82, 2.24) is 15.5 Å². The van der Waals surface area contributed by atoms with Crippen molar-refractivity contribution in [1.29, 1.82) is 0 Å². The Balaban J connectivity index is 1.56. The number of halogens is 1. The summed E-state index contributed by atoms with van der Waals surface area (Å²) < 4.78 is 18.3. The summed E-state index contributed by atoms with van der Waals surface area (Å²) in [5.41, 5.74) is 2.25. The van der Waals surface area contributed by atoms with Crippen molar-refractivity contribution in [2.24, 2.45) is 0 Å². The van der Waals surface area contributed by atoms with Crippen LogP contribution in [0.4, 0.5) is 4.39 Å². The zero-order valence-electron chi connectivity index (χ0n) is 15.6. The Morgan fingerprint density at radius 2 is 1.74 bits per heavy atom. The average Bonchev–Trinajstić information content (AvgIpc) is 3.23. The highest BCUT2D eigenvalue weighted by atomic mass is 32.1. The second-order valence-corrected chi connectivity index (χ2v) is 7.13. The molecule has 0 saturated carbocycles. The minimum absolute atomic E-state index is 0.229. The molecule has 6 heteroatoms. The van der Waals surface area contributed by atoms with E-state index in [1.165, 1.54) is 30.5 Å². The zero-order valence-corrected chi connectivity index (χ0v) is 16.4. The number of rotatable bonds is 7. The van der Waals surface area contributed by atoms with Gasteiger partial charge in [0, 0.05) is 13.1 Å². The maximum Gasteiger partial charge on any atom is 0.166 e. The monoisotopic (exact) mass is 387 g/mol. The molecule has 2 aromatic carbocycles. The van der Waals surface area contributed by atoms with E-state index >= 15 is 0 Å². The van der Waals surface area contributed by atoms with E-state index in [9.17, 15) is 4.39 Å². The van der Waals surface area contributed by atoms with Gasteiger partial charge in [0.2, 0.25) is 0 Å². The molecule has 2 aromatic rings. The highest BCUT2D eigenvalue weighted by Gasteiger charge is 2.23. The first-order valence-corrected chi connectivity index (χ1v) is 9.70. The van der Waals surface area contributed by atoms with Gasteiger partial charge in [-0.2, -0.15) is 0 Å². The molecule has 1 aliphatic heterocycles. The van der Waals surface area contributed by atoms with Gasteiger partial charge in [0.05, 0.1) is 13.2 Å². The molecule has 1 heterocycles. The number of thiocarbonyl (C=S) groups is 1. The first kappa shape index (κ1) is 19.6. The van der Waals surface area contributed by atoms with Crippen molar-refractivity contribution in [3.05, 3.63) is 65.5 Å². The molecule has 1 aliphatic rings. The predicted octanol–water partition coefficient (Wildman–Crippen LogP) is 3.64. The Hall–Kier alpha value is -2.18. The van der Waals surface area contributed by atoms with Crippen LogP contribution in [0.15, 0.2) is 48.5 Å². The zero-order chi connectivity index (χ0) is 19.1. The molecule has 0 aliphatic carbocycles. The van der Waals surface area contributed by atoms with Crippen LogP contribution in [0.5, 0.6) is 5.75 Å². The molecule has 1 fully saturated rings. The van der Waals surface area contributed by atoms with Gasteiger partial charge >= 0.3 is 0 Å². The lowest BCUT2D eigenvalue weighted by molar-refractivity contribution is 0.245. The standard InChI is InChI=1S/C21H26FN3OS/c1-26-19-10-6-17(7-11-19)20(25-12-2-3-13-25)15-24-21(27)23-14-16-4-8-18(22)9-5-16/h4-11,20H,2-3,12-15H2,1H3,(H2,23,24,27)/t20-/m0/s1. The van der Waals surface area contributed by atoms with Gasteiger partial charge in [0.15, 0.2) is 5.11 Å². The molecule has 1 saturated heterocycles. The van der Waals surface area contributed by atoms with Crippen molar-refractivity contribution in [3.8, 4) is 5.75 Å². The molecule has 0 aromatic heterocycles. The molecule has 27 heavy (non-hydrogen) atoms. The fourth-order valence-corrected chi connectivity index (χ4v) is 3.53. The summed E-state index contributed by atoms with van der Waals surface area (Å²) in [5, 5.41) is 7.14. The lowest BCUT2D eigenvalue weighted by Gasteiger charge is -2.29. The summed E-state index contributed by atoms with van der Waals surface area (Å²) in [6.07, 6.45) is 2.47. The van der Waals surface area contributed by atoms with Crippen LogP contribution in [-0.4, -0.2) is 36.8 Å². The van der Waals surface area contributed by atoms with Crippen LogP contribution in [0, 0.1) is 5.82 Å². The smallest absolute Gasteiger partial charge is 0.166 e. The predicted molar refractivity (Wildman–Crippen MR) is 110 cm³/mol. The molecule has 3 rings (SSSR count). The van der Waals surface area contributed by atoms with Gasteiger partial charge in [-0.15, -0.1) is 0 Å². The maximum absolute atomic E-state index is 13.0. The number of nitrogens with zero attached hydrogens (tertiary/aromatic N) is 1. The lowest BCUT2D eigenvalue weighted by Crippen LogP contribution is -2.41. The number of hydrogen-bond acceptors (Lipinski definition) is 3. The highest BCUT2D eigenvalue weighted by Crippen LogP contribution is 2.26. The Morgan fingerprint density at radius 3 is 2.37 bits per heavy atom. The second kappa shape index (κ2) is 9.67. The third-order valence-corrected chi connectivity index (χ3v) is 5.19. The van der Waals surface area contributed by atoms with Crippen molar-refractivity contribution in [2.75, 3.05) is 26.7 Å². The van der Waals surface area contributed by atoms with E-state index in [1.54, 1.807) is 19.2 Å². The molecule has 4 nitrogen and oxygen atoms in total. The first-order valence-electron chi connectivity index (χ1n) is 9.30. The van der Waals surface area contributed by atoms with E-state index in [1.807, 2.05) is 12.1 Å². The Bertz CT molecular complexity index is 730. The third kappa shape index (κ3) is 5.65. The normalized spacial score (nSPS) is 15.3. The summed E-state index contributed by atoms with van der Waals surface area (Å²) in [6.45, 7) is 3.52. The lowest BCUT2D eigenvalue weighted by atomic mass is 10.1. The van der Waals surface area contributed by atoms with Crippen molar-refractivity contribution >= 4 is 17.3 Å². The molecular weight excluding hydrogens is 361 g/mol. The third-order valence-electron chi connectivity index (χ3n) is 4.90. The van der Waals surface area contributed by atoms with Crippen molar-refractivity contribution in [3.63, 3.8) is 0 Å². The molecule has 0 amide bonds. The van der Waals surface area contributed by atoms with Gasteiger partial charge in [0.25, 0.3) is 0 Å². The number of likely N-dealkylation sites (tertiary alicyclic amines) is 1. The van der Waals surface area contributed by atoms with Gasteiger partial charge in [-0.05, 0) is 73.5 Å². The van der Waals surface area contributed by atoms with Crippen LogP contribution in [0.2, 0.25) is 0 Å². The van der Waals surface area contributed by atoms with Crippen molar-refractivity contribution in [2.45, 2.75) is 25.4 Å². The molecular formula is C21H26FN3OS. The van der Waals surface area contributed by atoms with Crippen LogP contribution in [0.25, 0.3) is 0 Å². The van der Waals surface area contributed by atoms with E-state index in [0.29, 0.717) is 11.7 Å². The fourth-order valence-electron chi connectivity index (χ4n) is 3.37. The molecule has 1 atom stereocenters. The Labute approximate surface area is 165 Å². The second-order valence-electron chi connectivity index (χ2n) is 6.72. The van der Waals surface area contributed by atoms with Gasteiger partial charge in [-0.25, -0.2) is 4.39 Å². The quantitative estimate of drug-likeness (QED) is 0.710. The van der Waals surface area contributed by atoms with E-state index < -0.39 is 0 Å². The van der Waals surface area contributed by atoms with Gasteiger partial charge in [0.1, 0.15) is 11.6 Å². The minimum Gasteiger partial charge on any atom is -0.497 e. The first-order chi connectivity index (χ1) is 13.2. The minimum atomic E-state index is -0.229. The maximum atomic E-state index is 13.0. The topological polar surface area (TPSA) is 36.5 Å². The number of benzene rings is 2. The van der Waals surface area contributed by atoms with Gasteiger partial charge in [-0.1, -0.05) is 24.3 Å². The summed E-state index contributed by atoms with van der Waals surface area (Å²) >= 11 is 5.43. The number of methoxy groups -OCH3 is 1. The molecule has 144 valence electrons. The molecule has 0 spiro atoms. The van der Waals surface area contributed by atoms with Crippen LogP contribution in [0.3, 0.4) is 0 Å². The van der Waals surface area contributed by atoms with E-state index in [-0.39, 0.29) is 11.9 Å². The molecule has 0 unspecified atom stereocenters. The molecule has 2 N–H and O–H groups in total. The van der Waals surface area contributed by atoms with Crippen molar-refractivity contribution < 1.29 is 9.13 Å². The van der Waals surface area contributed by atoms with Crippen LogP contribution < -0.4 is 15.4 Å². The fraction of sp³-hybridized carbons (Fsp3) is 0.381. The number of hydrogen-bond donors (Lipinski definition) is 2. The summed E-state index contributed by atoms with van der Waals surface area (Å²) in [6, 6.07) is 15.0. The van der Waals surface area contributed by atoms with Crippen LogP contribution in [-0.2, 0) is 6.54 Å². The largest absolute Gasteiger partial charge is 0.497 e.